The Morgan fingerprint density at radius 3 is 2.48 bits per heavy atom. The van der Waals surface area contributed by atoms with Crippen molar-refractivity contribution in [3.63, 3.8) is 0 Å². The van der Waals surface area contributed by atoms with Crippen LogP contribution in [-0.2, 0) is 27.6 Å². The van der Waals surface area contributed by atoms with Crippen molar-refractivity contribution in [1.29, 1.82) is 0 Å². The van der Waals surface area contributed by atoms with Gasteiger partial charge in [0.2, 0.25) is 5.91 Å². The van der Waals surface area contributed by atoms with Gasteiger partial charge in [-0.1, -0.05) is 29.3 Å². The molecule has 0 aromatic heterocycles. The molecule has 1 aromatic carbocycles. The van der Waals surface area contributed by atoms with Crippen molar-refractivity contribution in [1.82, 2.24) is 10.2 Å². The van der Waals surface area contributed by atoms with Gasteiger partial charge in [-0.3, -0.25) is 4.79 Å². The Bertz CT molecular complexity index is 777. The van der Waals surface area contributed by atoms with Gasteiger partial charge in [0.1, 0.15) is 0 Å². The fourth-order valence-corrected chi connectivity index (χ4v) is 5.47. The zero-order valence-electron chi connectivity index (χ0n) is 13.8. The van der Waals surface area contributed by atoms with Crippen LogP contribution in [0.2, 0.25) is 10.0 Å². The van der Waals surface area contributed by atoms with Gasteiger partial charge < -0.3 is 10.2 Å². The van der Waals surface area contributed by atoms with Crippen molar-refractivity contribution in [3.8, 4) is 0 Å². The third-order valence-electron chi connectivity index (χ3n) is 5.08. The van der Waals surface area contributed by atoms with E-state index in [1.165, 1.54) is 6.26 Å². The first-order valence-corrected chi connectivity index (χ1v) is 10.6. The Kier molecular flexibility index (Phi) is 6.32. The topological polar surface area (TPSA) is 66.5 Å². The van der Waals surface area contributed by atoms with Crippen molar-refractivity contribution in [2.24, 2.45) is 0 Å². The van der Waals surface area contributed by atoms with Gasteiger partial charge in [0.25, 0.3) is 0 Å². The third kappa shape index (κ3) is 3.65. The van der Waals surface area contributed by atoms with Gasteiger partial charge >= 0.3 is 0 Å². The second kappa shape index (κ2) is 7.61. The SMILES string of the molecule is CS(=O)(=O)C1(C(=O)N2CCc3c(ccc(Cl)c3Cl)C2)CCNCC1.Cl. The van der Waals surface area contributed by atoms with Crippen LogP contribution in [0, 0.1) is 0 Å². The molecule has 5 nitrogen and oxygen atoms in total. The minimum Gasteiger partial charge on any atom is -0.337 e. The lowest BCUT2D eigenvalue weighted by Crippen LogP contribution is -2.58. The van der Waals surface area contributed by atoms with Crippen LogP contribution in [0.25, 0.3) is 0 Å². The molecular formula is C16H21Cl3N2O3S. The van der Waals surface area contributed by atoms with E-state index in [1.807, 2.05) is 6.07 Å². The molecule has 2 aliphatic heterocycles. The van der Waals surface area contributed by atoms with E-state index < -0.39 is 14.6 Å². The molecule has 0 radical (unpaired) electrons. The Labute approximate surface area is 164 Å². The van der Waals surface area contributed by atoms with E-state index >= 15 is 0 Å². The van der Waals surface area contributed by atoms with Crippen molar-refractivity contribution in [3.05, 3.63) is 33.3 Å². The first kappa shape index (κ1) is 20.8. The highest BCUT2D eigenvalue weighted by Gasteiger charge is 2.50. The number of hydrogen-bond acceptors (Lipinski definition) is 4. The lowest BCUT2D eigenvalue weighted by Gasteiger charge is -2.40. The van der Waals surface area contributed by atoms with Gasteiger partial charge in [-0.15, -0.1) is 12.4 Å². The van der Waals surface area contributed by atoms with Crippen molar-refractivity contribution < 1.29 is 13.2 Å². The summed E-state index contributed by atoms with van der Waals surface area (Å²) >= 11 is 12.3. The zero-order chi connectivity index (χ0) is 17.5. The number of benzene rings is 1. The zero-order valence-corrected chi connectivity index (χ0v) is 17.0. The van der Waals surface area contributed by atoms with Gasteiger partial charge in [-0.2, -0.15) is 0 Å². The van der Waals surface area contributed by atoms with Crippen LogP contribution in [0.4, 0.5) is 0 Å². The second-order valence-electron chi connectivity index (χ2n) is 6.49. The molecule has 1 aromatic rings. The number of fused-ring (bicyclic) bond motifs is 1. The molecule has 25 heavy (non-hydrogen) atoms. The van der Waals surface area contributed by atoms with Gasteiger partial charge in [0.05, 0.1) is 10.0 Å². The fourth-order valence-electron chi connectivity index (χ4n) is 3.62. The van der Waals surface area contributed by atoms with Gasteiger partial charge in [0, 0.05) is 19.3 Å². The van der Waals surface area contributed by atoms with Crippen LogP contribution in [-0.4, -0.2) is 49.9 Å². The Morgan fingerprint density at radius 1 is 1.24 bits per heavy atom. The third-order valence-corrected chi connectivity index (χ3v) is 7.93. The number of carbonyl (C=O) groups is 1. The number of rotatable bonds is 2. The lowest BCUT2D eigenvalue weighted by molar-refractivity contribution is -0.135. The number of sulfone groups is 1. The lowest BCUT2D eigenvalue weighted by atomic mass is 9.92. The molecule has 0 spiro atoms. The Hall–Kier alpha value is -0.530. The van der Waals surface area contributed by atoms with Gasteiger partial charge in [-0.05, 0) is 49.5 Å². The minimum absolute atomic E-state index is 0. The van der Waals surface area contributed by atoms with Crippen LogP contribution in [0.5, 0.6) is 0 Å². The summed E-state index contributed by atoms with van der Waals surface area (Å²) in [4.78, 5) is 14.8. The molecule has 0 bridgehead atoms. The predicted octanol–water partition coefficient (Wildman–Crippen LogP) is 2.47. The smallest absolute Gasteiger partial charge is 0.244 e. The summed E-state index contributed by atoms with van der Waals surface area (Å²) in [5.41, 5.74) is 1.88. The summed E-state index contributed by atoms with van der Waals surface area (Å²) in [5, 5.41) is 4.16. The van der Waals surface area contributed by atoms with Crippen LogP contribution in [0.1, 0.15) is 24.0 Å². The molecule has 0 aliphatic carbocycles. The van der Waals surface area contributed by atoms with E-state index in [0.29, 0.717) is 55.5 Å². The highest BCUT2D eigenvalue weighted by atomic mass is 35.5. The number of nitrogens with one attached hydrogen (secondary N) is 1. The van der Waals surface area contributed by atoms with Crippen LogP contribution < -0.4 is 5.32 Å². The molecule has 0 unspecified atom stereocenters. The van der Waals surface area contributed by atoms with Crippen LogP contribution in [0.3, 0.4) is 0 Å². The maximum atomic E-state index is 13.1. The van der Waals surface area contributed by atoms with E-state index in [0.717, 1.165) is 11.1 Å². The average Bonchev–Trinajstić information content (AvgIpc) is 2.57. The van der Waals surface area contributed by atoms with E-state index in [2.05, 4.69) is 5.32 Å². The molecule has 9 heteroatoms. The molecule has 1 N–H and O–H groups in total. The highest BCUT2D eigenvalue weighted by Crippen LogP contribution is 2.35. The summed E-state index contributed by atoms with van der Waals surface area (Å²) < 4.78 is 23.5. The number of halogens is 3. The summed E-state index contributed by atoms with van der Waals surface area (Å²) in [6.07, 6.45) is 2.38. The average molecular weight is 428 g/mol. The fraction of sp³-hybridized carbons (Fsp3) is 0.562. The summed E-state index contributed by atoms with van der Waals surface area (Å²) in [6, 6.07) is 3.58. The molecule has 1 fully saturated rings. The number of piperidine rings is 1. The standard InChI is InChI=1S/C16H20Cl2N2O3S.ClH/c1-24(22,23)16(5-7-19-8-6-16)15(21)20-9-4-12-11(10-20)2-3-13(17)14(12)18;/h2-3,19H,4-10H2,1H3;1H. The van der Waals surface area contributed by atoms with Crippen molar-refractivity contribution >= 4 is 51.4 Å². The normalized spacial score (nSPS) is 19.7. The summed E-state index contributed by atoms with van der Waals surface area (Å²) in [5.74, 6) is -0.289. The Morgan fingerprint density at radius 2 is 1.88 bits per heavy atom. The van der Waals surface area contributed by atoms with Gasteiger partial charge in [-0.25, -0.2) is 8.42 Å². The molecule has 2 heterocycles. The van der Waals surface area contributed by atoms with Crippen LogP contribution in [0.15, 0.2) is 12.1 Å². The molecule has 1 saturated heterocycles. The molecule has 2 aliphatic rings. The molecule has 1 amide bonds. The number of carbonyl (C=O) groups excluding carboxylic acids is 1. The summed E-state index contributed by atoms with van der Waals surface area (Å²) in [6.45, 7) is 1.89. The molecule has 0 saturated carbocycles. The van der Waals surface area contributed by atoms with Gasteiger partial charge in [0.15, 0.2) is 14.6 Å². The molecule has 140 valence electrons. The predicted molar refractivity (Wildman–Crippen MR) is 103 cm³/mol. The van der Waals surface area contributed by atoms with Crippen molar-refractivity contribution in [2.75, 3.05) is 25.9 Å². The maximum Gasteiger partial charge on any atom is 0.244 e. The minimum atomic E-state index is -3.51. The largest absolute Gasteiger partial charge is 0.337 e. The first-order valence-electron chi connectivity index (χ1n) is 7.92. The number of nitrogens with zero attached hydrogens (tertiary/aromatic N) is 1. The van der Waals surface area contributed by atoms with E-state index in [1.54, 1.807) is 11.0 Å². The quantitative estimate of drug-likeness (QED) is 0.787. The van der Waals surface area contributed by atoms with E-state index in [9.17, 15) is 13.2 Å². The first-order chi connectivity index (χ1) is 11.3. The molecular weight excluding hydrogens is 407 g/mol. The maximum absolute atomic E-state index is 13.1. The number of amides is 1. The monoisotopic (exact) mass is 426 g/mol. The molecule has 3 rings (SSSR count). The summed E-state index contributed by atoms with van der Waals surface area (Å²) in [7, 11) is -3.51. The van der Waals surface area contributed by atoms with Crippen LogP contribution >= 0.6 is 35.6 Å². The number of hydrogen-bond donors (Lipinski definition) is 1. The van der Waals surface area contributed by atoms with E-state index in [4.69, 9.17) is 23.2 Å². The Balaban J connectivity index is 0.00000225. The van der Waals surface area contributed by atoms with E-state index in [-0.39, 0.29) is 18.3 Å². The van der Waals surface area contributed by atoms with Crippen molar-refractivity contribution in [2.45, 2.75) is 30.6 Å². The molecule has 0 atom stereocenters. The highest BCUT2D eigenvalue weighted by molar-refractivity contribution is 7.92. The second-order valence-corrected chi connectivity index (χ2v) is 9.60.